The van der Waals surface area contributed by atoms with Crippen molar-refractivity contribution < 1.29 is 4.74 Å². The first-order chi connectivity index (χ1) is 7.61. The SMILES string of the molecule is CCNC(C)CC(C)Oc1ccc(Cl)cc1. The molecule has 3 heteroatoms. The van der Waals surface area contributed by atoms with E-state index in [-0.39, 0.29) is 6.10 Å². The van der Waals surface area contributed by atoms with Crippen LogP contribution < -0.4 is 10.1 Å². The highest BCUT2D eigenvalue weighted by atomic mass is 35.5. The lowest BCUT2D eigenvalue weighted by Gasteiger charge is -2.19. The standard InChI is InChI=1S/C13H20ClNO/c1-4-15-10(2)9-11(3)16-13-7-5-12(14)6-8-13/h5-8,10-11,15H,4,9H2,1-3H3. The summed E-state index contributed by atoms with van der Waals surface area (Å²) in [5.41, 5.74) is 0. The summed E-state index contributed by atoms with van der Waals surface area (Å²) in [6.07, 6.45) is 1.20. The molecule has 0 amide bonds. The van der Waals surface area contributed by atoms with Crippen molar-refractivity contribution in [2.75, 3.05) is 6.54 Å². The summed E-state index contributed by atoms with van der Waals surface area (Å²) in [5, 5.41) is 4.11. The number of benzene rings is 1. The van der Waals surface area contributed by atoms with Gasteiger partial charge in [-0.25, -0.2) is 0 Å². The maximum atomic E-state index is 5.81. The average Bonchev–Trinajstić information content (AvgIpc) is 2.21. The Balaban J connectivity index is 2.39. The van der Waals surface area contributed by atoms with Gasteiger partial charge in [0.1, 0.15) is 5.75 Å². The lowest BCUT2D eigenvalue weighted by atomic mass is 10.1. The highest BCUT2D eigenvalue weighted by molar-refractivity contribution is 6.30. The van der Waals surface area contributed by atoms with Gasteiger partial charge in [0.05, 0.1) is 6.10 Å². The van der Waals surface area contributed by atoms with Gasteiger partial charge in [-0.1, -0.05) is 18.5 Å². The van der Waals surface area contributed by atoms with Crippen LogP contribution in [0.2, 0.25) is 5.02 Å². The maximum Gasteiger partial charge on any atom is 0.119 e. The lowest BCUT2D eigenvalue weighted by Crippen LogP contribution is -2.30. The number of rotatable bonds is 6. The van der Waals surface area contributed by atoms with Crippen LogP contribution in [-0.4, -0.2) is 18.7 Å². The molecule has 2 nitrogen and oxygen atoms in total. The monoisotopic (exact) mass is 241 g/mol. The highest BCUT2D eigenvalue weighted by Crippen LogP contribution is 2.17. The van der Waals surface area contributed by atoms with Crippen molar-refractivity contribution in [1.82, 2.24) is 5.32 Å². The predicted molar refractivity (Wildman–Crippen MR) is 69.3 cm³/mol. The van der Waals surface area contributed by atoms with E-state index in [2.05, 4.69) is 26.1 Å². The van der Waals surface area contributed by atoms with Gasteiger partial charge in [0.2, 0.25) is 0 Å². The molecular weight excluding hydrogens is 222 g/mol. The normalized spacial score (nSPS) is 14.5. The first-order valence-electron chi connectivity index (χ1n) is 5.77. The number of ether oxygens (including phenoxy) is 1. The van der Waals surface area contributed by atoms with E-state index >= 15 is 0 Å². The topological polar surface area (TPSA) is 21.3 Å². The lowest BCUT2D eigenvalue weighted by molar-refractivity contribution is 0.196. The minimum absolute atomic E-state index is 0.204. The molecule has 2 unspecified atom stereocenters. The van der Waals surface area contributed by atoms with Crippen molar-refractivity contribution >= 4 is 11.6 Å². The molecule has 0 heterocycles. The van der Waals surface area contributed by atoms with E-state index in [9.17, 15) is 0 Å². The first kappa shape index (κ1) is 13.3. The summed E-state index contributed by atoms with van der Waals surface area (Å²) < 4.78 is 5.79. The van der Waals surface area contributed by atoms with Crippen molar-refractivity contribution in [2.24, 2.45) is 0 Å². The minimum atomic E-state index is 0.204. The number of hydrogen-bond donors (Lipinski definition) is 1. The Morgan fingerprint density at radius 2 is 1.88 bits per heavy atom. The fourth-order valence-electron chi connectivity index (χ4n) is 1.72. The van der Waals surface area contributed by atoms with Gasteiger partial charge in [-0.3, -0.25) is 0 Å². The smallest absolute Gasteiger partial charge is 0.119 e. The number of hydrogen-bond acceptors (Lipinski definition) is 2. The second-order valence-corrected chi connectivity index (χ2v) is 4.51. The Kier molecular flexibility index (Phi) is 5.64. The molecule has 0 aromatic heterocycles. The average molecular weight is 242 g/mol. The molecule has 0 aliphatic rings. The molecule has 0 spiro atoms. The molecule has 1 aromatic carbocycles. The summed E-state index contributed by atoms with van der Waals surface area (Å²) in [6, 6.07) is 7.97. The van der Waals surface area contributed by atoms with Gasteiger partial charge in [0.25, 0.3) is 0 Å². The van der Waals surface area contributed by atoms with Crippen molar-refractivity contribution in [3.05, 3.63) is 29.3 Å². The van der Waals surface area contributed by atoms with Crippen LogP contribution in [0.25, 0.3) is 0 Å². The van der Waals surface area contributed by atoms with Crippen LogP contribution >= 0.6 is 11.6 Å². The summed E-state index contributed by atoms with van der Waals surface area (Å²) in [7, 11) is 0. The second-order valence-electron chi connectivity index (χ2n) is 4.08. The Morgan fingerprint density at radius 3 is 2.44 bits per heavy atom. The van der Waals surface area contributed by atoms with Gasteiger partial charge in [0.15, 0.2) is 0 Å². The van der Waals surface area contributed by atoms with Crippen LogP contribution in [0.15, 0.2) is 24.3 Å². The largest absolute Gasteiger partial charge is 0.491 e. The van der Waals surface area contributed by atoms with Crippen LogP contribution in [0, 0.1) is 0 Å². The maximum absolute atomic E-state index is 5.81. The summed E-state index contributed by atoms with van der Waals surface area (Å²) in [4.78, 5) is 0. The fourth-order valence-corrected chi connectivity index (χ4v) is 1.85. The van der Waals surface area contributed by atoms with E-state index < -0.39 is 0 Å². The third-order valence-electron chi connectivity index (χ3n) is 2.39. The van der Waals surface area contributed by atoms with Crippen LogP contribution in [0.1, 0.15) is 27.2 Å². The zero-order chi connectivity index (χ0) is 12.0. The van der Waals surface area contributed by atoms with Crippen molar-refractivity contribution in [1.29, 1.82) is 0 Å². The third-order valence-corrected chi connectivity index (χ3v) is 2.64. The van der Waals surface area contributed by atoms with Gasteiger partial charge in [-0.05, 0) is 51.1 Å². The molecule has 0 bridgehead atoms. The zero-order valence-electron chi connectivity index (χ0n) is 10.2. The van der Waals surface area contributed by atoms with Crippen LogP contribution in [0.4, 0.5) is 0 Å². The van der Waals surface area contributed by atoms with Gasteiger partial charge in [-0.15, -0.1) is 0 Å². The van der Waals surface area contributed by atoms with Gasteiger partial charge in [-0.2, -0.15) is 0 Å². The van der Waals surface area contributed by atoms with Gasteiger partial charge >= 0.3 is 0 Å². The van der Waals surface area contributed by atoms with Gasteiger partial charge < -0.3 is 10.1 Å². The molecule has 16 heavy (non-hydrogen) atoms. The third kappa shape index (κ3) is 4.86. The molecule has 2 atom stereocenters. The minimum Gasteiger partial charge on any atom is -0.491 e. The van der Waals surface area contributed by atoms with Crippen molar-refractivity contribution in [3.63, 3.8) is 0 Å². The summed E-state index contributed by atoms with van der Waals surface area (Å²) >= 11 is 5.81. The molecule has 1 aromatic rings. The molecule has 1 rings (SSSR count). The summed E-state index contributed by atoms with van der Waals surface area (Å²) in [6.45, 7) is 7.36. The Morgan fingerprint density at radius 1 is 1.25 bits per heavy atom. The zero-order valence-corrected chi connectivity index (χ0v) is 10.9. The quantitative estimate of drug-likeness (QED) is 0.823. The van der Waals surface area contributed by atoms with Crippen LogP contribution in [0.5, 0.6) is 5.75 Å². The Bertz CT molecular complexity index is 299. The van der Waals surface area contributed by atoms with E-state index in [0.717, 1.165) is 23.7 Å². The fraction of sp³-hybridized carbons (Fsp3) is 0.538. The van der Waals surface area contributed by atoms with Crippen LogP contribution in [-0.2, 0) is 0 Å². The van der Waals surface area contributed by atoms with E-state index in [1.807, 2.05) is 24.3 Å². The number of halogens is 1. The molecule has 0 saturated heterocycles. The molecule has 0 radical (unpaired) electrons. The first-order valence-corrected chi connectivity index (χ1v) is 6.15. The molecule has 0 saturated carbocycles. The second kappa shape index (κ2) is 6.77. The molecule has 1 N–H and O–H groups in total. The van der Waals surface area contributed by atoms with Crippen molar-refractivity contribution in [2.45, 2.75) is 39.3 Å². The van der Waals surface area contributed by atoms with Gasteiger partial charge in [0, 0.05) is 11.1 Å². The van der Waals surface area contributed by atoms with Crippen molar-refractivity contribution in [3.8, 4) is 5.75 Å². The number of nitrogens with one attached hydrogen (secondary N) is 1. The highest BCUT2D eigenvalue weighted by Gasteiger charge is 2.08. The van der Waals surface area contributed by atoms with E-state index in [0.29, 0.717) is 6.04 Å². The molecular formula is C13H20ClNO. The molecule has 0 fully saturated rings. The van der Waals surface area contributed by atoms with E-state index in [1.165, 1.54) is 0 Å². The Labute approximate surface area is 103 Å². The Hall–Kier alpha value is -0.730. The van der Waals surface area contributed by atoms with E-state index in [4.69, 9.17) is 16.3 Å². The van der Waals surface area contributed by atoms with Crippen LogP contribution in [0.3, 0.4) is 0 Å². The summed E-state index contributed by atoms with van der Waals surface area (Å²) in [5.74, 6) is 0.876. The van der Waals surface area contributed by atoms with E-state index in [1.54, 1.807) is 0 Å². The molecule has 90 valence electrons. The molecule has 0 aliphatic carbocycles. The predicted octanol–water partition coefficient (Wildman–Crippen LogP) is 3.50. The molecule has 0 aliphatic heterocycles.